The summed E-state index contributed by atoms with van der Waals surface area (Å²) in [7, 11) is 0. The van der Waals surface area contributed by atoms with E-state index < -0.39 is 0 Å². The van der Waals surface area contributed by atoms with Gasteiger partial charge in [0.15, 0.2) is 0 Å². The summed E-state index contributed by atoms with van der Waals surface area (Å²) in [6.07, 6.45) is 4.33. The van der Waals surface area contributed by atoms with E-state index in [1.165, 1.54) is 16.9 Å². The van der Waals surface area contributed by atoms with Crippen molar-refractivity contribution < 1.29 is 0 Å². The maximum absolute atomic E-state index is 4.42. The first-order valence-corrected chi connectivity index (χ1v) is 5.72. The van der Waals surface area contributed by atoms with Crippen LogP contribution in [0.1, 0.15) is 18.2 Å². The fourth-order valence-corrected chi connectivity index (χ4v) is 2.40. The Morgan fingerprint density at radius 1 is 1.21 bits per heavy atom. The quantitative estimate of drug-likeness (QED) is 0.740. The van der Waals surface area contributed by atoms with E-state index in [1.54, 1.807) is 11.3 Å². The molecule has 2 rings (SSSR count). The summed E-state index contributed by atoms with van der Waals surface area (Å²) in [5.41, 5.74) is 1.22. The van der Waals surface area contributed by atoms with Crippen molar-refractivity contribution in [3.05, 3.63) is 41.4 Å². The summed E-state index contributed by atoms with van der Waals surface area (Å²) in [6, 6.07) is 10.3. The van der Waals surface area contributed by atoms with Gasteiger partial charge in [-0.1, -0.05) is 43.7 Å². The van der Waals surface area contributed by atoms with E-state index in [2.05, 4.69) is 36.2 Å². The summed E-state index contributed by atoms with van der Waals surface area (Å²) in [6.45, 7) is 2.20. The largest absolute Gasteiger partial charge is 0.244 e. The lowest BCUT2D eigenvalue weighted by Gasteiger charge is -1.93. The number of aryl methyl sites for hydroxylation is 1. The van der Waals surface area contributed by atoms with Crippen LogP contribution >= 0.6 is 11.3 Å². The average Bonchev–Trinajstić information content (AvgIpc) is 2.68. The molecule has 0 radical (unpaired) electrons. The van der Waals surface area contributed by atoms with Crippen LogP contribution in [-0.4, -0.2) is 4.98 Å². The Labute approximate surface area is 88.4 Å². The molecule has 1 aromatic heterocycles. The number of rotatable bonds is 3. The van der Waals surface area contributed by atoms with Gasteiger partial charge in [0.05, 0.1) is 0 Å². The molecule has 2 aromatic rings. The van der Waals surface area contributed by atoms with Crippen molar-refractivity contribution in [1.82, 2.24) is 4.98 Å². The lowest BCUT2D eigenvalue weighted by atomic mass is 10.2. The minimum absolute atomic E-state index is 1.13. The van der Waals surface area contributed by atoms with Crippen molar-refractivity contribution in [3.8, 4) is 10.6 Å². The van der Waals surface area contributed by atoms with E-state index in [4.69, 9.17) is 0 Å². The maximum Gasteiger partial charge on any atom is 0.123 e. The second kappa shape index (κ2) is 4.38. The van der Waals surface area contributed by atoms with Crippen LogP contribution in [0.15, 0.2) is 36.5 Å². The summed E-state index contributed by atoms with van der Waals surface area (Å²) in [5.74, 6) is 0. The Morgan fingerprint density at radius 3 is 2.71 bits per heavy atom. The van der Waals surface area contributed by atoms with Crippen molar-refractivity contribution in [2.45, 2.75) is 19.8 Å². The molecular weight excluding hydrogens is 190 g/mol. The molecular formula is C12H13NS. The third-order valence-electron chi connectivity index (χ3n) is 2.07. The second-order valence-corrected chi connectivity index (χ2v) is 4.36. The van der Waals surface area contributed by atoms with Gasteiger partial charge in [0.2, 0.25) is 0 Å². The Balaban J connectivity index is 2.25. The Hall–Kier alpha value is -1.15. The fourth-order valence-electron chi connectivity index (χ4n) is 1.38. The molecule has 0 unspecified atom stereocenters. The van der Waals surface area contributed by atoms with Gasteiger partial charge in [0.25, 0.3) is 0 Å². The van der Waals surface area contributed by atoms with E-state index in [0.29, 0.717) is 0 Å². The van der Waals surface area contributed by atoms with Gasteiger partial charge in [0, 0.05) is 16.6 Å². The third kappa shape index (κ3) is 2.02. The van der Waals surface area contributed by atoms with Crippen LogP contribution < -0.4 is 0 Å². The molecule has 14 heavy (non-hydrogen) atoms. The van der Waals surface area contributed by atoms with E-state index in [9.17, 15) is 0 Å². The van der Waals surface area contributed by atoms with E-state index in [0.717, 1.165) is 11.4 Å². The lowest BCUT2D eigenvalue weighted by molar-refractivity contribution is 0.936. The Kier molecular flexibility index (Phi) is 2.94. The number of benzene rings is 1. The van der Waals surface area contributed by atoms with Crippen LogP contribution in [0, 0.1) is 0 Å². The van der Waals surface area contributed by atoms with Gasteiger partial charge < -0.3 is 0 Å². The minimum atomic E-state index is 1.13. The zero-order valence-corrected chi connectivity index (χ0v) is 9.05. The van der Waals surface area contributed by atoms with Gasteiger partial charge in [0.1, 0.15) is 5.01 Å². The molecule has 0 saturated heterocycles. The molecule has 0 atom stereocenters. The molecule has 2 heteroatoms. The van der Waals surface area contributed by atoms with Crippen LogP contribution in [0.4, 0.5) is 0 Å². The lowest BCUT2D eigenvalue weighted by Crippen LogP contribution is -1.72. The first-order valence-electron chi connectivity index (χ1n) is 4.90. The molecule has 72 valence electrons. The second-order valence-electron chi connectivity index (χ2n) is 3.25. The fraction of sp³-hybridized carbons (Fsp3) is 0.250. The van der Waals surface area contributed by atoms with Crippen molar-refractivity contribution in [2.75, 3.05) is 0 Å². The van der Waals surface area contributed by atoms with Crippen molar-refractivity contribution in [1.29, 1.82) is 0 Å². The standard InChI is InChI=1S/C12H13NS/c1-2-6-11-9-13-12(14-11)10-7-4-3-5-8-10/h3-5,7-9H,2,6H2,1H3. The van der Waals surface area contributed by atoms with Crippen LogP contribution in [0.2, 0.25) is 0 Å². The van der Waals surface area contributed by atoms with E-state index in [-0.39, 0.29) is 0 Å². The molecule has 0 amide bonds. The predicted molar refractivity (Wildman–Crippen MR) is 61.5 cm³/mol. The monoisotopic (exact) mass is 203 g/mol. The molecule has 1 aromatic carbocycles. The number of nitrogens with zero attached hydrogens (tertiary/aromatic N) is 1. The smallest absolute Gasteiger partial charge is 0.123 e. The number of aromatic nitrogens is 1. The highest BCUT2D eigenvalue weighted by Crippen LogP contribution is 2.25. The normalized spacial score (nSPS) is 10.4. The highest BCUT2D eigenvalue weighted by Gasteiger charge is 2.02. The van der Waals surface area contributed by atoms with Crippen LogP contribution in [0.25, 0.3) is 10.6 Å². The maximum atomic E-state index is 4.42. The molecule has 0 aliphatic rings. The Morgan fingerprint density at radius 2 is 2.00 bits per heavy atom. The zero-order valence-electron chi connectivity index (χ0n) is 8.23. The summed E-state index contributed by atoms with van der Waals surface area (Å²) < 4.78 is 0. The predicted octanol–water partition coefficient (Wildman–Crippen LogP) is 3.76. The van der Waals surface area contributed by atoms with Gasteiger partial charge in [-0.25, -0.2) is 4.98 Å². The third-order valence-corrected chi connectivity index (χ3v) is 3.18. The molecule has 1 heterocycles. The van der Waals surface area contributed by atoms with E-state index in [1.807, 2.05) is 12.3 Å². The van der Waals surface area contributed by atoms with Crippen LogP contribution in [0.5, 0.6) is 0 Å². The molecule has 0 spiro atoms. The van der Waals surface area contributed by atoms with Crippen molar-refractivity contribution >= 4 is 11.3 Å². The topological polar surface area (TPSA) is 12.9 Å². The summed E-state index contributed by atoms with van der Waals surface area (Å²) in [4.78, 5) is 5.80. The van der Waals surface area contributed by atoms with Gasteiger partial charge in [-0.3, -0.25) is 0 Å². The molecule has 0 fully saturated rings. The number of hydrogen-bond acceptors (Lipinski definition) is 2. The van der Waals surface area contributed by atoms with Gasteiger partial charge in [-0.2, -0.15) is 0 Å². The van der Waals surface area contributed by atoms with Crippen molar-refractivity contribution in [2.24, 2.45) is 0 Å². The first-order chi connectivity index (χ1) is 6.90. The molecule has 0 aliphatic carbocycles. The number of hydrogen-bond donors (Lipinski definition) is 0. The molecule has 0 bridgehead atoms. The molecule has 0 aliphatic heterocycles. The molecule has 1 nitrogen and oxygen atoms in total. The number of thiazole rings is 1. The highest BCUT2D eigenvalue weighted by molar-refractivity contribution is 7.15. The van der Waals surface area contributed by atoms with Crippen LogP contribution in [-0.2, 0) is 6.42 Å². The van der Waals surface area contributed by atoms with Gasteiger partial charge in [-0.05, 0) is 6.42 Å². The Bertz CT molecular complexity index is 392. The zero-order chi connectivity index (χ0) is 9.80. The summed E-state index contributed by atoms with van der Waals surface area (Å²) >= 11 is 1.80. The van der Waals surface area contributed by atoms with E-state index >= 15 is 0 Å². The van der Waals surface area contributed by atoms with Crippen molar-refractivity contribution in [3.63, 3.8) is 0 Å². The minimum Gasteiger partial charge on any atom is -0.244 e. The SMILES string of the molecule is CCCc1cnc(-c2ccccc2)s1. The summed E-state index contributed by atoms with van der Waals surface area (Å²) in [5, 5.41) is 1.13. The highest BCUT2D eigenvalue weighted by atomic mass is 32.1. The molecule has 0 N–H and O–H groups in total. The molecule has 0 saturated carbocycles. The average molecular weight is 203 g/mol. The first kappa shape index (κ1) is 9.41. The van der Waals surface area contributed by atoms with Gasteiger partial charge in [-0.15, -0.1) is 11.3 Å². The van der Waals surface area contributed by atoms with Crippen LogP contribution in [0.3, 0.4) is 0 Å². The van der Waals surface area contributed by atoms with Gasteiger partial charge >= 0.3 is 0 Å².